The summed E-state index contributed by atoms with van der Waals surface area (Å²) < 4.78 is 0. The van der Waals surface area contributed by atoms with Crippen molar-refractivity contribution in [3.8, 4) is 0 Å². The molecule has 2 aliphatic rings. The Labute approximate surface area is 126 Å². The third-order valence-corrected chi connectivity index (χ3v) is 5.15. The van der Waals surface area contributed by atoms with Crippen LogP contribution in [0.2, 0.25) is 0 Å². The number of nitrogens with one attached hydrogen (secondary N) is 1. The first-order valence-corrected chi connectivity index (χ1v) is 7.87. The van der Waals surface area contributed by atoms with Gasteiger partial charge in [-0.25, -0.2) is 0 Å². The van der Waals surface area contributed by atoms with Crippen LogP contribution in [0, 0.1) is 0 Å². The molecule has 0 aliphatic carbocycles. The normalized spacial score (nSPS) is 30.1. The first-order chi connectivity index (χ1) is 10.2. The second-order valence-electron chi connectivity index (χ2n) is 6.37. The maximum atomic E-state index is 12.5. The van der Waals surface area contributed by atoms with Gasteiger partial charge in [-0.05, 0) is 38.3 Å². The van der Waals surface area contributed by atoms with Crippen LogP contribution in [0.5, 0.6) is 0 Å². The van der Waals surface area contributed by atoms with Crippen LogP contribution in [0.3, 0.4) is 0 Å². The lowest BCUT2D eigenvalue weighted by atomic mass is 9.95. The molecule has 2 aliphatic heterocycles. The van der Waals surface area contributed by atoms with Gasteiger partial charge in [0, 0.05) is 18.1 Å². The minimum atomic E-state index is -0.455. The Morgan fingerprint density at radius 2 is 1.90 bits per heavy atom. The van der Waals surface area contributed by atoms with E-state index in [1.54, 1.807) is 0 Å². The Hall–Kier alpha value is -1.39. The Morgan fingerprint density at radius 1 is 1.29 bits per heavy atom. The number of hydrogen-bond donors (Lipinski definition) is 2. The van der Waals surface area contributed by atoms with Crippen molar-refractivity contribution in [3.63, 3.8) is 0 Å². The second kappa shape index (κ2) is 6.16. The van der Waals surface area contributed by atoms with Crippen LogP contribution in [0.15, 0.2) is 30.3 Å². The fraction of sp³-hybridized carbons (Fsp3) is 0.588. The number of piperidine rings is 1. The van der Waals surface area contributed by atoms with Gasteiger partial charge >= 0.3 is 0 Å². The Bertz CT molecular complexity index is 477. The monoisotopic (exact) mass is 288 g/mol. The summed E-state index contributed by atoms with van der Waals surface area (Å²) in [6.07, 6.45) is 4.56. The lowest BCUT2D eigenvalue weighted by Crippen LogP contribution is -2.49. The van der Waals surface area contributed by atoms with Gasteiger partial charge in [0.2, 0.25) is 5.91 Å². The SMILES string of the molecule is CN1[C@@H]2CC[C@H]1C[C@H](NC(=O)C(CO)c1ccccc1)C2. The minimum absolute atomic E-state index is 0.0438. The van der Waals surface area contributed by atoms with Crippen LogP contribution in [-0.4, -0.2) is 47.7 Å². The molecular formula is C17H24N2O2. The molecule has 3 rings (SSSR count). The molecule has 1 aromatic rings. The molecule has 0 aromatic heterocycles. The highest BCUT2D eigenvalue weighted by Gasteiger charge is 2.39. The summed E-state index contributed by atoms with van der Waals surface area (Å²) >= 11 is 0. The summed E-state index contributed by atoms with van der Waals surface area (Å²) in [5.74, 6) is -0.499. The maximum absolute atomic E-state index is 12.5. The van der Waals surface area contributed by atoms with Crippen LogP contribution in [0.4, 0.5) is 0 Å². The van der Waals surface area contributed by atoms with Crippen molar-refractivity contribution < 1.29 is 9.90 Å². The largest absolute Gasteiger partial charge is 0.395 e. The predicted octanol–water partition coefficient (Wildman–Crippen LogP) is 1.50. The van der Waals surface area contributed by atoms with Crippen LogP contribution < -0.4 is 5.32 Å². The topological polar surface area (TPSA) is 52.6 Å². The molecule has 0 radical (unpaired) electrons. The Kier molecular flexibility index (Phi) is 4.27. The van der Waals surface area contributed by atoms with Gasteiger partial charge in [-0.2, -0.15) is 0 Å². The van der Waals surface area contributed by atoms with Crippen LogP contribution in [-0.2, 0) is 4.79 Å². The van der Waals surface area contributed by atoms with Crippen molar-refractivity contribution in [1.82, 2.24) is 10.2 Å². The molecule has 4 heteroatoms. The number of fused-ring (bicyclic) bond motifs is 2. The number of rotatable bonds is 4. The van der Waals surface area contributed by atoms with E-state index in [4.69, 9.17) is 0 Å². The second-order valence-corrected chi connectivity index (χ2v) is 6.37. The lowest BCUT2D eigenvalue weighted by molar-refractivity contribution is -0.124. The third-order valence-electron chi connectivity index (χ3n) is 5.15. The highest BCUT2D eigenvalue weighted by atomic mass is 16.3. The van der Waals surface area contributed by atoms with E-state index in [-0.39, 0.29) is 18.6 Å². The molecule has 4 atom stereocenters. The standard InChI is InChI=1S/C17H24N2O2/c1-19-14-7-8-15(19)10-13(9-14)18-17(21)16(11-20)12-5-3-2-4-6-12/h2-6,13-16,20H,7-11H2,1H3,(H,18,21)/t13-,14-,15+,16?. The van der Waals surface area contributed by atoms with Gasteiger partial charge in [0.1, 0.15) is 0 Å². The quantitative estimate of drug-likeness (QED) is 0.883. The van der Waals surface area contributed by atoms with Crippen molar-refractivity contribution in [1.29, 1.82) is 0 Å². The molecular weight excluding hydrogens is 264 g/mol. The lowest BCUT2D eigenvalue weighted by Gasteiger charge is -2.37. The van der Waals surface area contributed by atoms with Crippen LogP contribution >= 0.6 is 0 Å². The zero-order valence-electron chi connectivity index (χ0n) is 12.5. The summed E-state index contributed by atoms with van der Waals surface area (Å²) in [5, 5.41) is 12.7. The number of amides is 1. The van der Waals surface area contributed by atoms with Crippen molar-refractivity contribution >= 4 is 5.91 Å². The third kappa shape index (κ3) is 2.97. The van der Waals surface area contributed by atoms with Gasteiger partial charge in [-0.1, -0.05) is 30.3 Å². The van der Waals surface area contributed by atoms with E-state index in [1.165, 1.54) is 12.8 Å². The highest BCUT2D eigenvalue weighted by Crippen LogP contribution is 2.34. The van der Waals surface area contributed by atoms with Gasteiger partial charge < -0.3 is 15.3 Å². The van der Waals surface area contributed by atoms with Gasteiger partial charge in [-0.15, -0.1) is 0 Å². The fourth-order valence-electron chi connectivity index (χ4n) is 3.86. The molecule has 4 nitrogen and oxygen atoms in total. The minimum Gasteiger partial charge on any atom is -0.395 e. The molecule has 1 aromatic carbocycles. The molecule has 0 saturated carbocycles. The first kappa shape index (κ1) is 14.5. The maximum Gasteiger partial charge on any atom is 0.230 e. The molecule has 21 heavy (non-hydrogen) atoms. The zero-order chi connectivity index (χ0) is 14.8. The van der Waals surface area contributed by atoms with Crippen LogP contribution in [0.25, 0.3) is 0 Å². The molecule has 2 N–H and O–H groups in total. The summed E-state index contributed by atoms with van der Waals surface area (Å²) in [7, 11) is 2.20. The number of aliphatic hydroxyl groups excluding tert-OH is 1. The number of nitrogens with zero attached hydrogens (tertiary/aromatic N) is 1. The van der Waals surface area contributed by atoms with Gasteiger partial charge in [0.05, 0.1) is 12.5 Å². The molecule has 2 heterocycles. The van der Waals surface area contributed by atoms with Crippen molar-refractivity contribution in [3.05, 3.63) is 35.9 Å². The average Bonchev–Trinajstić information content (AvgIpc) is 2.72. The molecule has 2 bridgehead atoms. The van der Waals surface area contributed by atoms with Crippen molar-refractivity contribution in [2.75, 3.05) is 13.7 Å². The van der Waals surface area contributed by atoms with Crippen molar-refractivity contribution in [2.24, 2.45) is 0 Å². The molecule has 2 fully saturated rings. The predicted molar refractivity (Wildman–Crippen MR) is 82.0 cm³/mol. The van der Waals surface area contributed by atoms with Gasteiger partial charge in [0.15, 0.2) is 0 Å². The number of hydrogen-bond acceptors (Lipinski definition) is 3. The van der Waals surface area contributed by atoms with E-state index in [0.29, 0.717) is 12.1 Å². The Morgan fingerprint density at radius 3 is 2.48 bits per heavy atom. The number of benzene rings is 1. The van der Waals surface area contributed by atoms with Gasteiger partial charge in [0.25, 0.3) is 0 Å². The number of aliphatic hydroxyl groups is 1. The summed E-state index contributed by atoms with van der Waals surface area (Å²) in [6, 6.07) is 11.0. The van der Waals surface area contributed by atoms with E-state index < -0.39 is 5.92 Å². The smallest absolute Gasteiger partial charge is 0.230 e. The molecule has 0 spiro atoms. The summed E-state index contributed by atoms with van der Waals surface area (Å²) in [4.78, 5) is 14.9. The first-order valence-electron chi connectivity index (χ1n) is 7.87. The fourth-order valence-corrected chi connectivity index (χ4v) is 3.86. The van der Waals surface area contributed by atoms with E-state index in [0.717, 1.165) is 18.4 Å². The van der Waals surface area contributed by atoms with E-state index in [1.807, 2.05) is 30.3 Å². The average molecular weight is 288 g/mol. The van der Waals surface area contributed by atoms with E-state index in [2.05, 4.69) is 17.3 Å². The Balaban J connectivity index is 1.63. The molecule has 1 amide bonds. The molecule has 1 unspecified atom stereocenters. The summed E-state index contributed by atoms with van der Waals surface area (Å²) in [5.41, 5.74) is 0.883. The van der Waals surface area contributed by atoms with E-state index in [9.17, 15) is 9.90 Å². The number of carbonyl (C=O) groups is 1. The van der Waals surface area contributed by atoms with Crippen LogP contribution in [0.1, 0.15) is 37.2 Å². The molecule has 114 valence electrons. The zero-order valence-corrected chi connectivity index (χ0v) is 12.5. The molecule has 2 saturated heterocycles. The van der Waals surface area contributed by atoms with Crippen molar-refractivity contribution in [2.45, 2.75) is 49.7 Å². The number of carbonyl (C=O) groups excluding carboxylic acids is 1. The van der Waals surface area contributed by atoms with Gasteiger partial charge in [-0.3, -0.25) is 4.79 Å². The summed E-state index contributed by atoms with van der Waals surface area (Å²) in [6.45, 7) is -0.144. The highest BCUT2D eigenvalue weighted by molar-refractivity contribution is 5.84. The van der Waals surface area contributed by atoms with E-state index >= 15 is 0 Å².